The van der Waals surface area contributed by atoms with Crippen molar-refractivity contribution >= 4 is 23.8 Å². The molecule has 2 aromatic carbocycles. The second kappa shape index (κ2) is 7.69. The zero-order valence-electron chi connectivity index (χ0n) is 15.6. The molecule has 0 fully saturated rings. The molecular formula is C20H16N10. The van der Waals surface area contributed by atoms with Crippen LogP contribution in [0.2, 0.25) is 0 Å². The van der Waals surface area contributed by atoms with Crippen LogP contribution in [-0.2, 0) is 0 Å². The van der Waals surface area contributed by atoms with Gasteiger partial charge in [0.15, 0.2) is 11.6 Å². The second-order valence-corrected chi connectivity index (χ2v) is 6.16. The van der Waals surface area contributed by atoms with E-state index in [-0.39, 0.29) is 23.8 Å². The third-order valence-electron chi connectivity index (χ3n) is 3.98. The molecule has 0 saturated carbocycles. The van der Waals surface area contributed by atoms with Crippen LogP contribution in [0, 0.1) is 11.8 Å². The maximum absolute atomic E-state index is 5.61. The Balaban J connectivity index is 1.52. The van der Waals surface area contributed by atoms with Crippen LogP contribution in [0.3, 0.4) is 0 Å². The quantitative estimate of drug-likeness (QED) is 0.358. The van der Waals surface area contributed by atoms with Crippen LogP contribution >= 0.6 is 0 Å². The summed E-state index contributed by atoms with van der Waals surface area (Å²) in [6.45, 7) is 0. The lowest BCUT2D eigenvalue weighted by Crippen LogP contribution is -2.04. The van der Waals surface area contributed by atoms with Crippen LogP contribution in [0.4, 0.5) is 23.8 Å². The third kappa shape index (κ3) is 4.20. The van der Waals surface area contributed by atoms with Crippen LogP contribution < -0.4 is 22.9 Å². The highest BCUT2D eigenvalue weighted by Crippen LogP contribution is 2.18. The number of nitrogens with zero attached hydrogens (tertiary/aromatic N) is 6. The summed E-state index contributed by atoms with van der Waals surface area (Å²) in [7, 11) is 0. The van der Waals surface area contributed by atoms with E-state index in [9.17, 15) is 0 Å². The SMILES string of the molecule is Nc1nc(N)nc(-c2ccc(C#Cc3ccc(-c4nc(N)nc(N)n4)cc3)cc2)n1. The van der Waals surface area contributed by atoms with E-state index in [0.717, 1.165) is 22.3 Å². The number of rotatable bonds is 2. The summed E-state index contributed by atoms with van der Waals surface area (Å²) in [5.74, 6) is 7.34. The Morgan fingerprint density at radius 1 is 0.433 bits per heavy atom. The van der Waals surface area contributed by atoms with Gasteiger partial charge in [-0.2, -0.15) is 29.9 Å². The molecule has 4 rings (SSSR count). The molecular weight excluding hydrogens is 380 g/mol. The summed E-state index contributed by atoms with van der Waals surface area (Å²) in [5, 5.41) is 0. The van der Waals surface area contributed by atoms with E-state index in [1.54, 1.807) is 0 Å². The molecule has 30 heavy (non-hydrogen) atoms. The highest BCUT2D eigenvalue weighted by Gasteiger charge is 2.06. The number of hydrogen-bond acceptors (Lipinski definition) is 10. The van der Waals surface area contributed by atoms with Crippen LogP contribution in [0.5, 0.6) is 0 Å². The monoisotopic (exact) mass is 396 g/mol. The van der Waals surface area contributed by atoms with E-state index < -0.39 is 0 Å². The lowest BCUT2D eigenvalue weighted by molar-refractivity contribution is 1.09. The van der Waals surface area contributed by atoms with E-state index >= 15 is 0 Å². The number of aromatic nitrogens is 6. The molecule has 8 N–H and O–H groups in total. The summed E-state index contributed by atoms with van der Waals surface area (Å²) < 4.78 is 0. The predicted molar refractivity (Wildman–Crippen MR) is 114 cm³/mol. The van der Waals surface area contributed by atoms with Gasteiger partial charge in [-0.3, -0.25) is 0 Å². The molecule has 10 nitrogen and oxygen atoms in total. The van der Waals surface area contributed by atoms with Crippen molar-refractivity contribution in [3.05, 3.63) is 59.7 Å². The third-order valence-corrected chi connectivity index (χ3v) is 3.98. The van der Waals surface area contributed by atoms with E-state index in [1.807, 2.05) is 48.5 Å². The lowest BCUT2D eigenvalue weighted by atomic mass is 10.1. The molecule has 0 aliphatic carbocycles. The van der Waals surface area contributed by atoms with Crippen LogP contribution in [0.25, 0.3) is 22.8 Å². The Morgan fingerprint density at radius 2 is 0.733 bits per heavy atom. The van der Waals surface area contributed by atoms with Gasteiger partial charge in [0.1, 0.15) is 0 Å². The van der Waals surface area contributed by atoms with Crippen molar-refractivity contribution < 1.29 is 0 Å². The van der Waals surface area contributed by atoms with Crippen molar-refractivity contribution in [1.29, 1.82) is 0 Å². The summed E-state index contributed by atoms with van der Waals surface area (Å²) in [4.78, 5) is 23.8. The molecule has 0 aliphatic rings. The van der Waals surface area contributed by atoms with E-state index in [4.69, 9.17) is 22.9 Å². The van der Waals surface area contributed by atoms with Gasteiger partial charge in [0.25, 0.3) is 0 Å². The van der Waals surface area contributed by atoms with Gasteiger partial charge in [-0.1, -0.05) is 11.8 Å². The molecule has 0 bridgehead atoms. The van der Waals surface area contributed by atoms with Crippen molar-refractivity contribution in [2.24, 2.45) is 0 Å². The zero-order valence-corrected chi connectivity index (χ0v) is 15.6. The molecule has 2 aromatic heterocycles. The normalized spacial score (nSPS) is 10.3. The summed E-state index contributed by atoms with van der Waals surface area (Å²) >= 11 is 0. The number of benzene rings is 2. The van der Waals surface area contributed by atoms with E-state index in [2.05, 4.69) is 41.7 Å². The first kappa shape index (κ1) is 18.6. The molecule has 4 aromatic rings. The fraction of sp³-hybridized carbons (Fsp3) is 0. The molecule has 0 saturated heterocycles. The molecule has 2 heterocycles. The Labute approximate surface area is 171 Å². The van der Waals surface area contributed by atoms with Crippen molar-refractivity contribution in [1.82, 2.24) is 29.9 Å². The molecule has 0 atom stereocenters. The van der Waals surface area contributed by atoms with Gasteiger partial charge in [-0.05, 0) is 48.5 Å². The molecule has 0 radical (unpaired) electrons. The average molecular weight is 396 g/mol. The fourth-order valence-electron chi connectivity index (χ4n) is 2.63. The number of nitrogens with two attached hydrogens (primary N) is 4. The molecule has 0 spiro atoms. The van der Waals surface area contributed by atoms with Crippen molar-refractivity contribution in [2.75, 3.05) is 22.9 Å². The Hall–Kier alpha value is -4.78. The highest BCUT2D eigenvalue weighted by atomic mass is 15.1. The minimum Gasteiger partial charge on any atom is -0.368 e. The van der Waals surface area contributed by atoms with E-state index in [0.29, 0.717) is 11.6 Å². The smallest absolute Gasteiger partial charge is 0.225 e. The average Bonchev–Trinajstić information content (AvgIpc) is 2.71. The summed E-state index contributed by atoms with van der Waals surface area (Å²) in [6, 6.07) is 14.8. The summed E-state index contributed by atoms with van der Waals surface area (Å²) in [5.41, 5.74) is 25.6. The molecule has 0 aliphatic heterocycles. The number of anilines is 4. The number of nitrogen functional groups attached to an aromatic ring is 4. The first-order valence-corrected chi connectivity index (χ1v) is 8.73. The maximum atomic E-state index is 5.61. The van der Waals surface area contributed by atoms with Gasteiger partial charge >= 0.3 is 0 Å². The number of hydrogen-bond donors (Lipinski definition) is 4. The zero-order chi connectivity index (χ0) is 21.1. The largest absolute Gasteiger partial charge is 0.368 e. The van der Waals surface area contributed by atoms with Gasteiger partial charge in [0.2, 0.25) is 23.8 Å². The molecule has 146 valence electrons. The summed E-state index contributed by atoms with van der Waals surface area (Å²) in [6.07, 6.45) is 0. The van der Waals surface area contributed by atoms with Gasteiger partial charge in [0, 0.05) is 22.3 Å². The molecule has 0 unspecified atom stereocenters. The second-order valence-electron chi connectivity index (χ2n) is 6.16. The van der Waals surface area contributed by atoms with Gasteiger partial charge in [-0.25, -0.2) is 0 Å². The fourth-order valence-corrected chi connectivity index (χ4v) is 2.63. The predicted octanol–water partition coefficient (Wildman–Crippen LogP) is 1.12. The van der Waals surface area contributed by atoms with Crippen molar-refractivity contribution in [3.8, 4) is 34.6 Å². The topological polar surface area (TPSA) is 181 Å². The molecule has 0 amide bonds. The van der Waals surface area contributed by atoms with Crippen molar-refractivity contribution in [2.45, 2.75) is 0 Å². The van der Waals surface area contributed by atoms with Gasteiger partial charge < -0.3 is 22.9 Å². The molecule has 10 heteroatoms. The Bertz CT molecular complexity index is 1130. The van der Waals surface area contributed by atoms with Gasteiger partial charge in [0.05, 0.1) is 0 Å². The maximum Gasteiger partial charge on any atom is 0.225 e. The van der Waals surface area contributed by atoms with Crippen LogP contribution in [0.15, 0.2) is 48.5 Å². The lowest BCUT2D eigenvalue weighted by Gasteiger charge is -2.02. The minimum atomic E-state index is 0.0763. The first-order chi connectivity index (χ1) is 14.5. The standard InChI is InChI=1S/C20H16N10/c21-17-25-15(26-18(22)29-17)13-7-3-11(4-8-13)1-2-12-5-9-14(10-6-12)16-27-19(23)30-20(24)28-16/h3-10H,(H4,21,22,25,26,29)(H4,23,24,27,28,30). The Morgan fingerprint density at radius 3 is 1.03 bits per heavy atom. The van der Waals surface area contributed by atoms with Gasteiger partial charge in [-0.15, -0.1) is 0 Å². The highest BCUT2D eigenvalue weighted by molar-refractivity contribution is 5.61. The van der Waals surface area contributed by atoms with E-state index in [1.165, 1.54) is 0 Å². The van der Waals surface area contributed by atoms with Crippen molar-refractivity contribution in [3.63, 3.8) is 0 Å². The Kier molecular flexibility index (Phi) is 4.76. The van der Waals surface area contributed by atoms with Crippen LogP contribution in [0.1, 0.15) is 11.1 Å². The first-order valence-electron chi connectivity index (χ1n) is 8.73. The minimum absolute atomic E-state index is 0.0763. The van der Waals surface area contributed by atoms with Crippen LogP contribution in [-0.4, -0.2) is 29.9 Å².